The Morgan fingerprint density at radius 2 is 1.91 bits per heavy atom. The van der Waals surface area contributed by atoms with Gasteiger partial charge >= 0.3 is 0 Å². The molecule has 0 bridgehead atoms. The van der Waals surface area contributed by atoms with Crippen LogP contribution in [0.15, 0.2) is 65.8 Å². The van der Waals surface area contributed by atoms with Crippen molar-refractivity contribution in [1.29, 1.82) is 0 Å². The Morgan fingerprint density at radius 1 is 1.05 bits per heavy atom. The van der Waals surface area contributed by atoms with Gasteiger partial charge in [0.25, 0.3) is 0 Å². The van der Waals surface area contributed by atoms with E-state index in [1.807, 2.05) is 36.4 Å². The van der Waals surface area contributed by atoms with E-state index < -0.39 is 0 Å². The maximum atomic E-state index is 13.2. The fraction of sp³-hybridized carbons (Fsp3) is 0.0556. The van der Waals surface area contributed by atoms with Crippen molar-refractivity contribution < 1.29 is 14.3 Å². The molecule has 3 nitrogen and oxygen atoms in total. The Labute approximate surface area is 127 Å². The van der Waals surface area contributed by atoms with Crippen molar-refractivity contribution in [3.8, 4) is 5.75 Å². The van der Waals surface area contributed by atoms with E-state index in [1.165, 1.54) is 18.3 Å². The molecule has 0 atom stereocenters. The van der Waals surface area contributed by atoms with Gasteiger partial charge in [-0.2, -0.15) is 0 Å². The molecule has 0 radical (unpaired) electrons. The summed E-state index contributed by atoms with van der Waals surface area (Å²) in [6.07, 6.45) is 1.35. The highest BCUT2D eigenvalue weighted by Crippen LogP contribution is 2.27. The second kappa shape index (κ2) is 6.26. The lowest BCUT2D eigenvalue weighted by Gasteiger charge is -2.11. The Kier molecular flexibility index (Phi) is 4.01. The van der Waals surface area contributed by atoms with Gasteiger partial charge in [-0.1, -0.05) is 47.6 Å². The van der Waals surface area contributed by atoms with Crippen LogP contribution in [0.25, 0.3) is 10.8 Å². The number of nitrogens with zero attached hydrogens (tertiary/aromatic N) is 1. The Balaban J connectivity index is 1.94. The first kappa shape index (κ1) is 14.1. The summed E-state index contributed by atoms with van der Waals surface area (Å²) in [5, 5.41) is 14.0. The standard InChI is InChI=1S/C18H14FNO2/c19-15-6-3-4-13(10-15)12-22-18-9-8-14-5-1-2-7-16(14)17(18)11-20-21/h1-11,21H,12H2/b20-11-. The molecule has 0 amide bonds. The number of oxime groups is 1. The summed E-state index contributed by atoms with van der Waals surface area (Å²) in [5.41, 5.74) is 1.43. The minimum Gasteiger partial charge on any atom is -0.488 e. The van der Waals surface area contributed by atoms with E-state index in [4.69, 9.17) is 9.94 Å². The molecule has 0 unspecified atom stereocenters. The zero-order chi connectivity index (χ0) is 15.4. The molecule has 0 heterocycles. The van der Waals surface area contributed by atoms with Crippen molar-refractivity contribution in [2.24, 2.45) is 5.16 Å². The van der Waals surface area contributed by atoms with Crippen molar-refractivity contribution in [2.75, 3.05) is 0 Å². The lowest BCUT2D eigenvalue weighted by molar-refractivity contribution is 0.304. The van der Waals surface area contributed by atoms with Gasteiger partial charge in [-0.05, 0) is 34.5 Å². The molecule has 0 aliphatic heterocycles. The second-order valence-corrected chi connectivity index (χ2v) is 4.86. The Morgan fingerprint density at radius 3 is 2.73 bits per heavy atom. The van der Waals surface area contributed by atoms with Crippen LogP contribution in [0.2, 0.25) is 0 Å². The molecule has 1 N–H and O–H groups in total. The van der Waals surface area contributed by atoms with Crippen LogP contribution in [0.4, 0.5) is 4.39 Å². The van der Waals surface area contributed by atoms with E-state index in [-0.39, 0.29) is 12.4 Å². The molecule has 0 saturated carbocycles. The minimum atomic E-state index is -0.295. The van der Waals surface area contributed by atoms with Gasteiger partial charge < -0.3 is 9.94 Å². The van der Waals surface area contributed by atoms with Gasteiger partial charge in [-0.15, -0.1) is 0 Å². The number of halogens is 1. The molecule has 0 aromatic heterocycles. The highest BCUT2D eigenvalue weighted by Gasteiger charge is 2.08. The van der Waals surface area contributed by atoms with Crippen LogP contribution in [-0.2, 0) is 6.61 Å². The zero-order valence-corrected chi connectivity index (χ0v) is 11.7. The van der Waals surface area contributed by atoms with Crippen molar-refractivity contribution in [3.05, 3.63) is 77.6 Å². The number of rotatable bonds is 4. The SMILES string of the molecule is O/N=C\c1c(OCc2cccc(F)c2)ccc2ccccc12. The van der Waals surface area contributed by atoms with E-state index in [0.29, 0.717) is 11.3 Å². The first-order valence-corrected chi connectivity index (χ1v) is 6.84. The van der Waals surface area contributed by atoms with Gasteiger partial charge in [0, 0.05) is 5.56 Å². The van der Waals surface area contributed by atoms with Gasteiger partial charge in [-0.3, -0.25) is 0 Å². The first-order valence-electron chi connectivity index (χ1n) is 6.84. The quantitative estimate of drug-likeness (QED) is 0.441. The molecular formula is C18H14FNO2. The monoisotopic (exact) mass is 295 g/mol. The minimum absolute atomic E-state index is 0.238. The lowest BCUT2D eigenvalue weighted by atomic mass is 10.0. The Bertz CT molecular complexity index is 830. The van der Waals surface area contributed by atoms with Crippen LogP contribution >= 0.6 is 0 Å². The highest BCUT2D eigenvalue weighted by molar-refractivity contribution is 6.02. The summed E-state index contributed by atoms with van der Waals surface area (Å²) in [5.74, 6) is 0.289. The van der Waals surface area contributed by atoms with E-state index in [1.54, 1.807) is 12.1 Å². The third-order valence-electron chi connectivity index (χ3n) is 3.40. The molecule has 3 rings (SSSR count). The van der Waals surface area contributed by atoms with Crippen LogP contribution in [0.5, 0.6) is 5.75 Å². The third kappa shape index (κ3) is 2.91. The molecule has 3 aromatic carbocycles. The topological polar surface area (TPSA) is 41.8 Å². The average Bonchev–Trinajstić information content (AvgIpc) is 2.54. The van der Waals surface area contributed by atoms with Gasteiger partial charge in [-0.25, -0.2) is 4.39 Å². The molecule has 110 valence electrons. The molecule has 3 aromatic rings. The maximum Gasteiger partial charge on any atom is 0.129 e. The van der Waals surface area contributed by atoms with Crippen molar-refractivity contribution in [2.45, 2.75) is 6.61 Å². The average molecular weight is 295 g/mol. The smallest absolute Gasteiger partial charge is 0.129 e. The predicted molar refractivity (Wildman–Crippen MR) is 84.1 cm³/mol. The molecule has 0 aliphatic carbocycles. The molecule has 22 heavy (non-hydrogen) atoms. The summed E-state index contributed by atoms with van der Waals surface area (Å²) >= 11 is 0. The van der Waals surface area contributed by atoms with E-state index in [0.717, 1.165) is 16.3 Å². The molecule has 4 heteroatoms. The van der Waals surface area contributed by atoms with E-state index >= 15 is 0 Å². The third-order valence-corrected chi connectivity index (χ3v) is 3.40. The fourth-order valence-corrected chi connectivity index (χ4v) is 2.38. The maximum absolute atomic E-state index is 13.2. The molecule has 0 aliphatic rings. The summed E-state index contributed by atoms with van der Waals surface area (Å²) in [6, 6.07) is 17.8. The summed E-state index contributed by atoms with van der Waals surface area (Å²) < 4.78 is 19.0. The normalized spacial score (nSPS) is 11.1. The fourth-order valence-electron chi connectivity index (χ4n) is 2.38. The lowest BCUT2D eigenvalue weighted by Crippen LogP contribution is -1.99. The molecule has 0 saturated heterocycles. The molecule has 0 spiro atoms. The molecule has 0 fully saturated rings. The van der Waals surface area contributed by atoms with E-state index in [9.17, 15) is 4.39 Å². The zero-order valence-electron chi connectivity index (χ0n) is 11.7. The van der Waals surface area contributed by atoms with Crippen molar-refractivity contribution in [3.63, 3.8) is 0 Å². The predicted octanol–water partition coefficient (Wildman–Crippen LogP) is 4.37. The van der Waals surface area contributed by atoms with Gasteiger partial charge in [0.2, 0.25) is 0 Å². The summed E-state index contributed by atoms with van der Waals surface area (Å²) in [6.45, 7) is 0.238. The van der Waals surface area contributed by atoms with Crippen LogP contribution < -0.4 is 4.74 Å². The van der Waals surface area contributed by atoms with Gasteiger partial charge in [0.1, 0.15) is 18.2 Å². The highest BCUT2D eigenvalue weighted by atomic mass is 19.1. The van der Waals surface area contributed by atoms with Crippen LogP contribution in [-0.4, -0.2) is 11.4 Å². The molecular weight excluding hydrogens is 281 g/mol. The number of hydrogen-bond donors (Lipinski definition) is 1. The first-order chi connectivity index (χ1) is 10.8. The summed E-state index contributed by atoms with van der Waals surface area (Å²) in [7, 11) is 0. The number of benzene rings is 3. The number of hydrogen-bond acceptors (Lipinski definition) is 3. The number of ether oxygens (including phenoxy) is 1. The Hall–Kier alpha value is -2.88. The largest absolute Gasteiger partial charge is 0.488 e. The second-order valence-electron chi connectivity index (χ2n) is 4.86. The van der Waals surface area contributed by atoms with Gasteiger partial charge in [0.15, 0.2) is 0 Å². The van der Waals surface area contributed by atoms with Crippen LogP contribution in [0, 0.1) is 5.82 Å². The van der Waals surface area contributed by atoms with Gasteiger partial charge in [0.05, 0.1) is 6.21 Å². The van der Waals surface area contributed by atoms with Crippen LogP contribution in [0.1, 0.15) is 11.1 Å². The van der Waals surface area contributed by atoms with Crippen molar-refractivity contribution >= 4 is 17.0 Å². The van der Waals surface area contributed by atoms with Crippen LogP contribution in [0.3, 0.4) is 0 Å². The van der Waals surface area contributed by atoms with E-state index in [2.05, 4.69) is 5.16 Å². The number of fused-ring (bicyclic) bond motifs is 1. The van der Waals surface area contributed by atoms with Crippen molar-refractivity contribution in [1.82, 2.24) is 0 Å². The summed E-state index contributed by atoms with van der Waals surface area (Å²) in [4.78, 5) is 0.